The highest BCUT2D eigenvalue weighted by molar-refractivity contribution is 5.76. The van der Waals surface area contributed by atoms with Crippen molar-refractivity contribution >= 4 is 5.97 Å². The third-order valence-electron chi connectivity index (χ3n) is 6.32. The molecule has 0 saturated carbocycles. The summed E-state index contributed by atoms with van der Waals surface area (Å²) in [5.74, 6) is -0.624. The Balaban J connectivity index is 1.48. The number of fused-ring (bicyclic) bond motifs is 1. The van der Waals surface area contributed by atoms with E-state index in [0.717, 1.165) is 35.5 Å². The first-order chi connectivity index (χ1) is 14.7. The second kappa shape index (κ2) is 7.66. The Morgan fingerprint density at radius 1 is 1.20 bits per heavy atom. The number of carboxylic acid groups (broad SMARTS) is 1. The Bertz CT molecular complexity index is 1040. The molecule has 2 aromatic heterocycles. The van der Waals surface area contributed by atoms with Crippen molar-refractivity contribution in [1.29, 1.82) is 0 Å². The van der Waals surface area contributed by atoms with E-state index in [1.165, 1.54) is 0 Å². The molecule has 30 heavy (non-hydrogen) atoms. The van der Waals surface area contributed by atoms with Crippen molar-refractivity contribution < 1.29 is 14.6 Å². The van der Waals surface area contributed by atoms with Gasteiger partial charge in [-0.25, -0.2) is 4.68 Å². The molecule has 0 amide bonds. The zero-order valence-corrected chi connectivity index (χ0v) is 16.6. The summed E-state index contributed by atoms with van der Waals surface area (Å²) in [5, 5.41) is 14.8. The van der Waals surface area contributed by atoms with Gasteiger partial charge in [0.2, 0.25) is 0 Å². The fraction of sp³-hybridized carbons (Fsp3) is 0.348. The van der Waals surface area contributed by atoms with Gasteiger partial charge in [-0.15, -0.1) is 0 Å². The van der Waals surface area contributed by atoms with Crippen molar-refractivity contribution in [3.05, 3.63) is 66.6 Å². The van der Waals surface area contributed by atoms with Crippen LogP contribution >= 0.6 is 0 Å². The number of carboxylic acids is 1. The van der Waals surface area contributed by atoms with Crippen LogP contribution in [0.4, 0.5) is 0 Å². The second-order valence-electron chi connectivity index (χ2n) is 8.19. The zero-order valence-electron chi connectivity index (χ0n) is 16.6. The van der Waals surface area contributed by atoms with E-state index in [9.17, 15) is 9.90 Å². The summed E-state index contributed by atoms with van der Waals surface area (Å²) in [4.78, 5) is 18.5. The van der Waals surface area contributed by atoms with Crippen LogP contribution in [0.25, 0.3) is 16.9 Å². The lowest BCUT2D eigenvalue weighted by atomic mass is 9.76. The number of para-hydroxylation sites is 1. The Hall–Kier alpha value is -3.03. The second-order valence-corrected chi connectivity index (χ2v) is 8.19. The third-order valence-corrected chi connectivity index (χ3v) is 6.32. The van der Waals surface area contributed by atoms with Crippen molar-refractivity contribution in [3.8, 4) is 16.9 Å². The van der Waals surface area contributed by atoms with Gasteiger partial charge in [0.1, 0.15) is 5.41 Å². The SMILES string of the molecule is O=C(O)[C@]12COCC[C@H]1CN(Cc1cn(-c3ccccc3)nc1-c1ccncc1)C2. The van der Waals surface area contributed by atoms with E-state index < -0.39 is 11.4 Å². The number of aliphatic carboxylic acids is 1. The quantitative estimate of drug-likeness (QED) is 0.704. The average Bonchev–Trinajstić information content (AvgIpc) is 3.37. The summed E-state index contributed by atoms with van der Waals surface area (Å²) in [6.45, 7) is 2.85. The molecule has 7 heteroatoms. The van der Waals surface area contributed by atoms with E-state index in [2.05, 4.69) is 16.1 Å². The number of hydrogen-bond acceptors (Lipinski definition) is 5. The van der Waals surface area contributed by atoms with Crippen LogP contribution < -0.4 is 0 Å². The van der Waals surface area contributed by atoms with Gasteiger partial charge in [-0.3, -0.25) is 14.7 Å². The Morgan fingerprint density at radius 2 is 2.00 bits per heavy atom. The van der Waals surface area contributed by atoms with Gasteiger partial charge in [0, 0.05) is 56.0 Å². The summed E-state index contributed by atoms with van der Waals surface area (Å²) in [7, 11) is 0. The Labute approximate surface area is 174 Å². The molecule has 5 rings (SSSR count). The number of nitrogens with zero attached hydrogens (tertiary/aromatic N) is 4. The van der Waals surface area contributed by atoms with E-state index in [1.807, 2.05) is 47.1 Å². The van der Waals surface area contributed by atoms with E-state index in [4.69, 9.17) is 9.84 Å². The predicted molar refractivity (Wildman–Crippen MR) is 111 cm³/mol. The van der Waals surface area contributed by atoms with Crippen LogP contribution in [0.3, 0.4) is 0 Å². The molecule has 154 valence electrons. The average molecular weight is 404 g/mol. The van der Waals surface area contributed by atoms with Gasteiger partial charge in [-0.1, -0.05) is 18.2 Å². The molecular formula is C23H24N4O3. The number of likely N-dealkylation sites (tertiary alicyclic amines) is 1. The maximum atomic E-state index is 12.1. The monoisotopic (exact) mass is 404 g/mol. The number of aromatic nitrogens is 3. The molecule has 2 atom stereocenters. The maximum Gasteiger partial charge on any atom is 0.313 e. The molecule has 2 saturated heterocycles. The van der Waals surface area contributed by atoms with Crippen LogP contribution in [0.2, 0.25) is 0 Å². The fourth-order valence-corrected chi connectivity index (χ4v) is 4.75. The van der Waals surface area contributed by atoms with Crippen LogP contribution in [-0.2, 0) is 16.1 Å². The fourth-order valence-electron chi connectivity index (χ4n) is 4.75. The molecule has 2 aliphatic heterocycles. The number of hydrogen-bond donors (Lipinski definition) is 1. The Kier molecular flexibility index (Phi) is 4.84. The molecule has 0 unspecified atom stereocenters. The lowest BCUT2D eigenvalue weighted by molar-refractivity contribution is -0.159. The normalized spacial score (nSPS) is 23.9. The largest absolute Gasteiger partial charge is 0.481 e. The molecule has 4 heterocycles. The standard InChI is InChI=1S/C23H24N4O3/c28-22(29)23-15-26(14-19(23)8-11-30-16-23)12-18-13-27(20-4-2-1-3-5-20)25-21(18)17-6-9-24-10-7-17/h1-7,9-10,13,19H,8,11-12,14-16H2,(H,28,29)/t19-,23+/m0/s1. The molecule has 3 aromatic rings. The minimum Gasteiger partial charge on any atom is -0.481 e. The molecule has 0 bridgehead atoms. The molecule has 2 fully saturated rings. The number of carbonyl (C=O) groups is 1. The lowest BCUT2D eigenvalue weighted by Gasteiger charge is -2.34. The minimum absolute atomic E-state index is 0.122. The van der Waals surface area contributed by atoms with Crippen LogP contribution in [0.15, 0.2) is 61.1 Å². The van der Waals surface area contributed by atoms with E-state index in [-0.39, 0.29) is 5.92 Å². The van der Waals surface area contributed by atoms with Crippen molar-refractivity contribution in [1.82, 2.24) is 19.7 Å². The maximum absolute atomic E-state index is 12.1. The van der Waals surface area contributed by atoms with E-state index >= 15 is 0 Å². The smallest absolute Gasteiger partial charge is 0.313 e. The molecule has 0 radical (unpaired) electrons. The first-order valence-electron chi connectivity index (χ1n) is 10.2. The van der Waals surface area contributed by atoms with E-state index in [1.54, 1.807) is 12.4 Å². The number of rotatable bonds is 5. The predicted octanol–water partition coefficient (Wildman–Crippen LogP) is 2.86. The summed E-state index contributed by atoms with van der Waals surface area (Å²) in [6, 6.07) is 13.9. The van der Waals surface area contributed by atoms with Crippen molar-refractivity contribution in [3.63, 3.8) is 0 Å². The molecule has 2 aliphatic rings. The highest BCUT2D eigenvalue weighted by Crippen LogP contribution is 2.42. The highest BCUT2D eigenvalue weighted by atomic mass is 16.5. The molecule has 7 nitrogen and oxygen atoms in total. The summed E-state index contributed by atoms with van der Waals surface area (Å²) in [5.41, 5.74) is 3.17. The first kappa shape index (κ1) is 19.0. The summed E-state index contributed by atoms with van der Waals surface area (Å²) >= 11 is 0. The van der Waals surface area contributed by atoms with Gasteiger partial charge in [-0.05, 0) is 36.6 Å². The minimum atomic E-state index is -0.801. The topological polar surface area (TPSA) is 80.5 Å². The number of benzene rings is 1. The Morgan fingerprint density at radius 3 is 2.73 bits per heavy atom. The van der Waals surface area contributed by atoms with Gasteiger partial charge in [0.25, 0.3) is 0 Å². The first-order valence-corrected chi connectivity index (χ1v) is 10.2. The molecule has 0 aliphatic carbocycles. The lowest BCUT2D eigenvalue weighted by Crippen LogP contribution is -2.46. The highest BCUT2D eigenvalue weighted by Gasteiger charge is 2.54. The third kappa shape index (κ3) is 3.30. The van der Waals surface area contributed by atoms with Crippen molar-refractivity contribution in [2.75, 3.05) is 26.3 Å². The van der Waals surface area contributed by atoms with Crippen LogP contribution in [0, 0.1) is 11.3 Å². The van der Waals surface area contributed by atoms with Gasteiger partial charge in [-0.2, -0.15) is 5.10 Å². The van der Waals surface area contributed by atoms with Crippen molar-refractivity contribution in [2.45, 2.75) is 13.0 Å². The van der Waals surface area contributed by atoms with E-state index in [0.29, 0.717) is 26.3 Å². The molecular weight excluding hydrogens is 380 g/mol. The van der Waals surface area contributed by atoms with Gasteiger partial charge in [0.05, 0.1) is 18.0 Å². The summed E-state index contributed by atoms with van der Waals surface area (Å²) < 4.78 is 7.46. The van der Waals surface area contributed by atoms with Crippen molar-refractivity contribution in [2.24, 2.45) is 11.3 Å². The molecule has 1 N–H and O–H groups in total. The summed E-state index contributed by atoms with van der Waals surface area (Å²) in [6.07, 6.45) is 6.38. The number of pyridine rings is 1. The van der Waals surface area contributed by atoms with Gasteiger partial charge in [0.15, 0.2) is 0 Å². The van der Waals surface area contributed by atoms with Crippen LogP contribution in [0.5, 0.6) is 0 Å². The van der Waals surface area contributed by atoms with Crippen LogP contribution in [-0.4, -0.2) is 57.0 Å². The molecule has 1 aromatic carbocycles. The van der Waals surface area contributed by atoms with Crippen LogP contribution in [0.1, 0.15) is 12.0 Å². The number of ether oxygens (including phenoxy) is 1. The zero-order chi connectivity index (χ0) is 20.6. The molecule has 0 spiro atoms. The van der Waals surface area contributed by atoms with Gasteiger partial charge >= 0.3 is 5.97 Å². The van der Waals surface area contributed by atoms with Gasteiger partial charge < -0.3 is 9.84 Å².